The predicted molar refractivity (Wildman–Crippen MR) is 64.7 cm³/mol. The fourth-order valence-corrected chi connectivity index (χ4v) is 9.25. The molecular formula is C12H25Te+. The summed E-state index contributed by atoms with van der Waals surface area (Å²) in [4.78, 5) is 0. The van der Waals surface area contributed by atoms with E-state index in [2.05, 4.69) is 46.8 Å². The summed E-state index contributed by atoms with van der Waals surface area (Å²) in [5, 5.41) is 0. The normalized spacial score (nSPS) is 12.6. The second-order valence-electron chi connectivity index (χ2n) is 4.47. The molecule has 0 rings (SSSR count). The summed E-state index contributed by atoms with van der Waals surface area (Å²) in [6, 6.07) is 0. The Labute approximate surface area is 91.4 Å². The third kappa shape index (κ3) is 8.85. The fourth-order valence-electron chi connectivity index (χ4n) is 1.38. The number of hydrogen-bond acceptors (Lipinski definition) is 0. The van der Waals surface area contributed by atoms with Crippen LogP contribution in [0.1, 0.15) is 34.6 Å². The SMILES string of the molecule is C/C=C\C[Te+](CC(C)C)CC(C)C. The maximum absolute atomic E-state index is 2.39. The molecule has 0 atom stereocenters. The van der Waals surface area contributed by atoms with Gasteiger partial charge in [-0.25, -0.2) is 0 Å². The Morgan fingerprint density at radius 3 is 1.77 bits per heavy atom. The van der Waals surface area contributed by atoms with Gasteiger partial charge in [-0.05, 0) is 0 Å². The van der Waals surface area contributed by atoms with Gasteiger partial charge in [-0.1, -0.05) is 0 Å². The van der Waals surface area contributed by atoms with E-state index in [0.29, 0.717) is 0 Å². The molecule has 0 aliphatic heterocycles. The van der Waals surface area contributed by atoms with Crippen LogP contribution in [0.4, 0.5) is 0 Å². The van der Waals surface area contributed by atoms with Crippen molar-refractivity contribution in [2.75, 3.05) is 0 Å². The number of hydrogen-bond donors (Lipinski definition) is 0. The van der Waals surface area contributed by atoms with Crippen molar-refractivity contribution in [3.8, 4) is 0 Å². The average Bonchev–Trinajstić information content (AvgIpc) is 1.98. The van der Waals surface area contributed by atoms with E-state index in [1.807, 2.05) is 0 Å². The monoisotopic (exact) mass is 299 g/mol. The van der Waals surface area contributed by atoms with Crippen molar-refractivity contribution >= 4 is 19.6 Å². The zero-order valence-corrected chi connectivity index (χ0v) is 12.2. The van der Waals surface area contributed by atoms with E-state index in [1.54, 1.807) is 8.94 Å². The molecule has 0 heterocycles. The summed E-state index contributed by atoms with van der Waals surface area (Å²) >= 11 is -0.757. The Bertz CT molecular complexity index is 126. The van der Waals surface area contributed by atoms with Crippen LogP contribution in [0.3, 0.4) is 0 Å². The molecule has 0 bridgehead atoms. The molecule has 0 nitrogen and oxygen atoms in total. The molecule has 0 aromatic rings. The van der Waals surface area contributed by atoms with Gasteiger partial charge in [-0.15, -0.1) is 0 Å². The van der Waals surface area contributed by atoms with Crippen LogP contribution < -0.4 is 0 Å². The second kappa shape index (κ2) is 7.89. The first-order valence-electron chi connectivity index (χ1n) is 5.31. The minimum absolute atomic E-state index is 0.757. The summed E-state index contributed by atoms with van der Waals surface area (Å²) in [5.41, 5.74) is 0. The quantitative estimate of drug-likeness (QED) is 0.504. The van der Waals surface area contributed by atoms with Crippen LogP contribution in [0.2, 0.25) is 13.4 Å². The third-order valence-electron chi connectivity index (χ3n) is 1.71. The molecule has 0 radical (unpaired) electrons. The molecule has 0 fully saturated rings. The van der Waals surface area contributed by atoms with Gasteiger partial charge in [0.05, 0.1) is 0 Å². The van der Waals surface area contributed by atoms with E-state index in [-0.39, 0.29) is 0 Å². The molecule has 0 saturated heterocycles. The van der Waals surface area contributed by atoms with Crippen LogP contribution in [0.5, 0.6) is 0 Å². The van der Waals surface area contributed by atoms with Crippen LogP contribution >= 0.6 is 0 Å². The zero-order chi connectivity index (χ0) is 10.3. The van der Waals surface area contributed by atoms with E-state index < -0.39 is 19.6 Å². The van der Waals surface area contributed by atoms with Crippen molar-refractivity contribution in [3.63, 3.8) is 0 Å². The maximum atomic E-state index is 2.39. The Morgan fingerprint density at radius 1 is 1.00 bits per heavy atom. The van der Waals surface area contributed by atoms with Gasteiger partial charge in [0.1, 0.15) is 0 Å². The first-order chi connectivity index (χ1) is 6.06. The summed E-state index contributed by atoms with van der Waals surface area (Å²) in [5.74, 6) is 1.83. The van der Waals surface area contributed by atoms with Gasteiger partial charge in [0.2, 0.25) is 0 Å². The van der Waals surface area contributed by atoms with Crippen molar-refractivity contribution in [2.24, 2.45) is 11.8 Å². The van der Waals surface area contributed by atoms with Crippen LogP contribution in [-0.4, -0.2) is 19.6 Å². The molecule has 1 heteroatoms. The summed E-state index contributed by atoms with van der Waals surface area (Å²) in [6.07, 6.45) is 4.61. The Morgan fingerprint density at radius 2 is 1.46 bits per heavy atom. The number of rotatable bonds is 6. The zero-order valence-electron chi connectivity index (χ0n) is 9.84. The molecule has 78 valence electrons. The summed E-state index contributed by atoms with van der Waals surface area (Å²) in [6.45, 7) is 11.6. The van der Waals surface area contributed by atoms with E-state index in [1.165, 1.54) is 4.47 Å². The molecule has 0 spiro atoms. The van der Waals surface area contributed by atoms with Gasteiger partial charge in [-0.3, -0.25) is 0 Å². The van der Waals surface area contributed by atoms with Gasteiger partial charge in [0.25, 0.3) is 0 Å². The average molecular weight is 297 g/mol. The van der Waals surface area contributed by atoms with Gasteiger partial charge in [0.15, 0.2) is 0 Å². The molecule has 13 heavy (non-hydrogen) atoms. The molecule has 0 unspecified atom stereocenters. The van der Waals surface area contributed by atoms with Gasteiger partial charge in [-0.2, -0.15) is 0 Å². The topological polar surface area (TPSA) is 0 Å². The molecule has 0 aliphatic rings. The van der Waals surface area contributed by atoms with Crippen molar-refractivity contribution < 1.29 is 0 Å². The Balaban J connectivity index is 3.87. The standard InChI is InChI=1S/C12H25Te/c1-6-7-8-13(9-11(2)3)10-12(4)5/h6-7,11-12H,8-10H2,1-5H3/q+1/b7-6-. The van der Waals surface area contributed by atoms with Crippen molar-refractivity contribution in [1.82, 2.24) is 0 Å². The minimum atomic E-state index is -0.757. The van der Waals surface area contributed by atoms with Crippen LogP contribution in [-0.2, 0) is 0 Å². The second-order valence-corrected chi connectivity index (χ2v) is 10.8. The van der Waals surface area contributed by atoms with E-state index in [4.69, 9.17) is 0 Å². The van der Waals surface area contributed by atoms with E-state index in [9.17, 15) is 0 Å². The molecule has 0 N–H and O–H groups in total. The van der Waals surface area contributed by atoms with Gasteiger partial charge < -0.3 is 0 Å². The Kier molecular flexibility index (Phi) is 8.21. The third-order valence-corrected chi connectivity index (χ3v) is 10.1. The molecular weight excluding hydrogens is 272 g/mol. The first-order valence-corrected chi connectivity index (χ1v) is 10.3. The van der Waals surface area contributed by atoms with E-state index >= 15 is 0 Å². The van der Waals surface area contributed by atoms with Crippen molar-refractivity contribution in [3.05, 3.63) is 12.2 Å². The molecule has 0 aliphatic carbocycles. The molecule has 0 amide bonds. The van der Waals surface area contributed by atoms with Crippen LogP contribution in [0, 0.1) is 11.8 Å². The van der Waals surface area contributed by atoms with Gasteiger partial charge >= 0.3 is 91.6 Å². The van der Waals surface area contributed by atoms with Crippen LogP contribution in [0.15, 0.2) is 12.2 Å². The Hall–Kier alpha value is 0.530. The van der Waals surface area contributed by atoms with E-state index in [0.717, 1.165) is 11.8 Å². The van der Waals surface area contributed by atoms with Crippen molar-refractivity contribution in [2.45, 2.75) is 48.0 Å². The molecule has 0 aromatic carbocycles. The summed E-state index contributed by atoms with van der Waals surface area (Å²) < 4.78 is 4.54. The van der Waals surface area contributed by atoms with Gasteiger partial charge in [0, 0.05) is 0 Å². The van der Waals surface area contributed by atoms with Crippen LogP contribution in [0.25, 0.3) is 0 Å². The first kappa shape index (κ1) is 13.5. The molecule has 0 aromatic heterocycles. The van der Waals surface area contributed by atoms with Crippen molar-refractivity contribution in [1.29, 1.82) is 0 Å². The predicted octanol–water partition coefficient (Wildman–Crippen LogP) is 4.37. The summed E-state index contributed by atoms with van der Waals surface area (Å²) in [7, 11) is 0. The number of allylic oxidation sites excluding steroid dienone is 2. The fraction of sp³-hybridized carbons (Fsp3) is 0.833. The molecule has 0 saturated carbocycles.